The summed E-state index contributed by atoms with van der Waals surface area (Å²) in [7, 11) is 0. The van der Waals surface area contributed by atoms with Crippen LogP contribution in [0.25, 0.3) is 11.0 Å². The van der Waals surface area contributed by atoms with Gasteiger partial charge < -0.3 is 19.5 Å². The van der Waals surface area contributed by atoms with Gasteiger partial charge in [0.15, 0.2) is 5.82 Å². The molecule has 2 aromatic rings. The van der Waals surface area contributed by atoms with Gasteiger partial charge in [-0.2, -0.15) is 0 Å². The smallest absolute Gasteiger partial charge is 0.290 e. The Hall–Kier alpha value is -2.41. The van der Waals surface area contributed by atoms with Crippen molar-refractivity contribution in [3.05, 3.63) is 30.1 Å². The zero-order valence-electron chi connectivity index (χ0n) is 18.7. The standard InChI is InChI=1S/C24H34N4O3/c1-3-31-16-10-15-28-22(29)21-26-19-13-8-9-14-20(19)27(21)17-24(28,2)23(30)25-18-11-6-4-5-7-12-18/h8-9,13-14,18H,3-7,10-12,15-17H2,1-2H3,(H,25,30)/t24-/m0/s1. The summed E-state index contributed by atoms with van der Waals surface area (Å²) in [6.07, 6.45) is 7.47. The second kappa shape index (κ2) is 9.39. The Balaban J connectivity index is 1.64. The highest BCUT2D eigenvalue weighted by molar-refractivity contribution is 6.01. The number of carbonyl (C=O) groups excluding carboxylic acids is 2. The quantitative estimate of drug-likeness (QED) is 0.543. The van der Waals surface area contributed by atoms with Gasteiger partial charge in [0.05, 0.1) is 17.6 Å². The number of nitrogens with one attached hydrogen (secondary N) is 1. The van der Waals surface area contributed by atoms with Gasteiger partial charge in [0.1, 0.15) is 5.54 Å². The first-order valence-electron chi connectivity index (χ1n) is 11.7. The molecule has 1 aliphatic carbocycles. The van der Waals surface area contributed by atoms with Crippen molar-refractivity contribution in [2.75, 3.05) is 19.8 Å². The van der Waals surface area contributed by atoms with Gasteiger partial charge in [-0.25, -0.2) is 4.98 Å². The van der Waals surface area contributed by atoms with E-state index in [0.29, 0.717) is 38.5 Å². The average Bonchev–Trinajstić information content (AvgIpc) is 2.93. The van der Waals surface area contributed by atoms with Crippen LogP contribution in [0.5, 0.6) is 0 Å². The van der Waals surface area contributed by atoms with Gasteiger partial charge in [-0.15, -0.1) is 0 Å². The predicted molar refractivity (Wildman–Crippen MR) is 120 cm³/mol. The fourth-order valence-electron chi connectivity index (χ4n) is 4.91. The molecule has 2 aliphatic rings. The maximum atomic E-state index is 13.6. The molecular weight excluding hydrogens is 392 g/mol. The van der Waals surface area contributed by atoms with E-state index in [1.165, 1.54) is 12.8 Å². The number of hydrogen-bond acceptors (Lipinski definition) is 4. The lowest BCUT2D eigenvalue weighted by Crippen LogP contribution is -2.65. The third kappa shape index (κ3) is 4.33. The number of benzene rings is 1. The van der Waals surface area contributed by atoms with Crippen LogP contribution < -0.4 is 5.32 Å². The molecule has 7 heteroatoms. The van der Waals surface area contributed by atoms with Gasteiger partial charge in [0, 0.05) is 25.8 Å². The molecule has 2 heterocycles. The predicted octanol–water partition coefficient (Wildman–Crippen LogP) is 3.52. The minimum absolute atomic E-state index is 0.0624. The molecule has 168 valence electrons. The molecule has 1 aromatic heterocycles. The minimum Gasteiger partial charge on any atom is -0.382 e. The first kappa shape index (κ1) is 21.8. The minimum atomic E-state index is -0.966. The summed E-state index contributed by atoms with van der Waals surface area (Å²) < 4.78 is 7.40. The molecule has 2 amide bonds. The lowest BCUT2D eigenvalue weighted by atomic mass is 9.93. The summed E-state index contributed by atoms with van der Waals surface area (Å²) in [5.74, 6) is 0.169. The highest BCUT2D eigenvalue weighted by Gasteiger charge is 2.48. The molecule has 1 N–H and O–H groups in total. The van der Waals surface area contributed by atoms with Gasteiger partial charge in [-0.05, 0) is 45.2 Å². The van der Waals surface area contributed by atoms with Crippen LogP contribution in [0, 0.1) is 0 Å². The van der Waals surface area contributed by atoms with Crippen LogP contribution in [-0.2, 0) is 16.1 Å². The molecule has 0 saturated heterocycles. The first-order valence-corrected chi connectivity index (χ1v) is 11.7. The summed E-state index contributed by atoms with van der Waals surface area (Å²) in [5, 5.41) is 3.29. The van der Waals surface area contributed by atoms with E-state index in [2.05, 4.69) is 10.3 Å². The van der Waals surface area contributed by atoms with Gasteiger partial charge >= 0.3 is 0 Å². The van der Waals surface area contributed by atoms with Crippen LogP contribution >= 0.6 is 0 Å². The molecule has 0 spiro atoms. The maximum absolute atomic E-state index is 13.6. The number of fused-ring (bicyclic) bond motifs is 3. The van der Waals surface area contributed by atoms with Crippen LogP contribution in [0.3, 0.4) is 0 Å². The highest BCUT2D eigenvalue weighted by atomic mass is 16.5. The molecule has 1 aliphatic heterocycles. The first-order chi connectivity index (χ1) is 15.0. The van der Waals surface area contributed by atoms with Crippen LogP contribution in [0.4, 0.5) is 0 Å². The van der Waals surface area contributed by atoms with Crippen molar-refractivity contribution in [3.8, 4) is 0 Å². The monoisotopic (exact) mass is 426 g/mol. The Morgan fingerprint density at radius 1 is 1.23 bits per heavy atom. The molecular formula is C24H34N4O3. The summed E-state index contributed by atoms with van der Waals surface area (Å²) in [4.78, 5) is 33.5. The van der Waals surface area contributed by atoms with E-state index < -0.39 is 5.54 Å². The number of rotatable bonds is 7. The number of para-hydroxylation sites is 2. The van der Waals surface area contributed by atoms with Crippen molar-refractivity contribution in [3.63, 3.8) is 0 Å². The molecule has 1 atom stereocenters. The van der Waals surface area contributed by atoms with Crippen molar-refractivity contribution in [2.24, 2.45) is 0 Å². The maximum Gasteiger partial charge on any atom is 0.290 e. The van der Waals surface area contributed by atoms with Crippen LogP contribution in [-0.4, -0.2) is 57.6 Å². The molecule has 0 bridgehead atoms. The third-order valence-corrected chi connectivity index (χ3v) is 6.71. The summed E-state index contributed by atoms with van der Waals surface area (Å²) in [5.41, 5.74) is 0.716. The number of hydrogen-bond donors (Lipinski definition) is 1. The van der Waals surface area contributed by atoms with E-state index in [1.54, 1.807) is 4.90 Å². The third-order valence-electron chi connectivity index (χ3n) is 6.71. The van der Waals surface area contributed by atoms with Crippen molar-refractivity contribution in [2.45, 2.75) is 76.9 Å². The highest BCUT2D eigenvalue weighted by Crippen LogP contribution is 2.31. The largest absolute Gasteiger partial charge is 0.382 e. The zero-order chi connectivity index (χ0) is 21.8. The Bertz CT molecular complexity index is 932. The van der Waals surface area contributed by atoms with Crippen molar-refractivity contribution < 1.29 is 14.3 Å². The van der Waals surface area contributed by atoms with Gasteiger partial charge in [-0.3, -0.25) is 9.59 Å². The van der Waals surface area contributed by atoms with Crippen molar-refractivity contribution in [1.82, 2.24) is 19.8 Å². The van der Waals surface area contributed by atoms with Gasteiger partial charge in [-0.1, -0.05) is 37.8 Å². The number of carbonyl (C=O) groups is 2. The van der Waals surface area contributed by atoms with E-state index in [0.717, 1.165) is 36.7 Å². The molecule has 1 aromatic carbocycles. The van der Waals surface area contributed by atoms with E-state index >= 15 is 0 Å². The number of aromatic nitrogens is 2. The van der Waals surface area contributed by atoms with Crippen molar-refractivity contribution in [1.29, 1.82) is 0 Å². The second-order valence-corrected chi connectivity index (χ2v) is 8.95. The topological polar surface area (TPSA) is 76.5 Å². The van der Waals surface area contributed by atoms with E-state index in [9.17, 15) is 9.59 Å². The fourth-order valence-corrected chi connectivity index (χ4v) is 4.91. The Morgan fingerprint density at radius 2 is 1.97 bits per heavy atom. The molecule has 1 saturated carbocycles. The number of imidazole rings is 1. The lowest BCUT2D eigenvalue weighted by molar-refractivity contribution is -0.133. The number of nitrogens with zero attached hydrogens (tertiary/aromatic N) is 3. The average molecular weight is 427 g/mol. The van der Waals surface area contributed by atoms with Crippen molar-refractivity contribution >= 4 is 22.8 Å². The number of ether oxygens (including phenoxy) is 1. The SMILES string of the molecule is CCOCCCN1C(=O)c2nc3ccccc3n2C[C@@]1(C)C(=O)NC1CCCCCC1. The zero-order valence-corrected chi connectivity index (χ0v) is 18.7. The fraction of sp³-hybridized carbons (Fsp3) is 0.625. The van der Waals surface area contributed by atoms with Crippen LogP contribution in [0.15, 0.2) is 24.3 Å². The molecule has 0 radical (unpaired) electrons. The normalized spacial score (nSPS) is 22.4. The van der Waals surface area contributed by atoms with E-state index in [-0.39, 0.29) is 17.9 Å². The van der Waals surface area contributed by atoms with E-state index in [4.69, 9.17) is 4.74 Å². The Kier molecular flexibility index (Phi) is 6.60. The molecule has 0 unspecified atom stereocenters. The molecule has 1 fully saturated rings. The molecule has 4 rings (SSSR count). The van der Waals surface area contributed by atoms with Crippen LogP contribution in [0.2, 0.25) is 0 Å². The lowest BCUT2D eigenvalue weighted by Gasteiger charge is -2.44. The molecule has 31 heavy (non-hydrogen) atoms. The second-order valence-electron chi connectivity index (χ2n) is 8.95. The summed E-state index contributed by atoms with van der Waals surface area (Å²) in [6, 6.07) is 7.93. The van der Waals surface area contributed by atoms with Crippen LogP contribution in [0.1, 0.15) is 69.4 Å². The Morgan fingerprint density at radius 3 is 2.71 bits per heavy atom. The molecule has 7 nitrogen and oxygen atoms in total. The van der Waals surface area contributed by atoms with E-state index in [1.807, 2.05) is 42.7 Å². The Labute approximate surface area is 184 Å². The van der Waals surface area contributed by atoms with Gasteiger partial charge in [0.2, 0.25) is 5.91 Å². The summed E-state index contributed by atoms with van der Waals surface area (Å²) >= 11 is 0. The summed E-state index contributed by atoms with van der Waals surface area (Å²) in [6.45, 7) is 5.94. The number of amides is 2. The van der Waals surface area contributed by atoms with Gasteiger partial charge in [0.25, 0.3) is 5.91 Å².